The summed E-state index contributed by atoms with van der Waals surface area (Å²) >= 11 is 7.72. The van der Waals surface area contributed by atoms with Crippen LogP contribution in [0.5, 0.6) is 0 Å². The van der Waals surface area contributed by atoms with Gasteiger partial charge in [-0.05, 0) is 82.7 Å². The summed E-state index contributed by atoms with van der Waals surface area (Å²) in [6.45, 7) is 4.33. The van der Waals surface area contributed by atoms with Crippen molar-refractivity contribution >= 4 is 55.5 Å². The van der Waals surface area contributed by atoms with Crippen molar-refractivity contribution in [1.82, 2.24) is 0 Å². The molecule has 1 N–H and O–H groups in total. The Balaban J connectivity index is 2.12. The smallest absolute Gasteiger partial charge is 0.0578 e. The van der Waals surface area contributed by atoms with Gasteiger partial charge in [0.1, 0.15) is 0 Å². The molecule has 17 heavy (non-hydrogen) atoms. The molecule has 1 atom stereocenters. The van der Waals surface area contributed by atoms with Gasteiger partial charge in [-0.2, -0.15) is 0 Å². The number of rotatable bonds is 3. The van der Waals surface area contributed by atoms with Crippen LogP contribution in [0.2, 0.25) is 0 Å². The van der Waals surface area contributed by atoms with Crippen molar-refractivity contribution in [2.75, 3.05) is 5.32 Å². The molecule has 0 saturated carbocycles. The maximum atomic E-state index is 3.55. The molecule has 1 unspecified atom stereocenters. The van der Waals surface area contributed by atoms with Gasteiger partial charge in [0.15, 0.2) is 0 Å². The molecule has 0 aliphatic carbocycles. The summed E-state index contributed by atoms with van der Waals surface area (Å²) < 4.78 is 2.37. The molecule has 0 aliphatic rings. The molecule has 2 aromatic rings. The molecule has 0 saturated heterocycles. The standard InChI is InChI=1S/C13H13BrINS/c1-8-3-6-13(17-8)9(2)16-10-4-5-12(15)11(14)7-10/h3-7,9,16H,1-2H3. The molecule has 1 aromatic heterocycles. The molecule has 0 amide bonds. The zero-order chi connectivity index (χ0) is 12.4. The maximum Gasteiger partial charge on any atom is 0.0578 e. The lowest BCUT2D eigenvalue weighted by atomic mass is 10.2. The molecule has 90 valence electrons. The van der Waals surface area contributed by atoms with Crippen LogP contribution in [0.15, 0.2) is 34.8 Å². The van der Waals surface area contributed by atoms with E-state index in [9.17, 15) is 0 Å². The van der Waals surface area contributed by atoms with Crippen molar-refractivity contribution in [1.29, 1.82) is 0 Å². The summed E-state index contributed by atoms with van der Waals surface area (Å²) in [6.07, 6.45) is 0. The fourth-order valence-electron chi connectivity index (χ4n) is 1.59. The normalized spacial score (nSPS) is 12.5. The third-order valence-corrected chi connectivity index (χ3v) is 6.01. The maximum absolute atomic E-state index is 3.55. The van der Waals surface area contributed by atoms with Crippen molar-refractivity contribution < 1.29 is 0 Å². The van der Waals surface area contributed by atoms with Crippen molar-refractivity contribution in [2.24, 2.45) is 0 Å². The van der Waals surface area contributed by atoms with Gasteiger partial charge >= 0.3 is 0 Å². The van der Waals surface area contributed by atoms with E-state index in [1.807, 2.05) is 11.3 Å². The number of nitrogens with one attached hydrogen (secondary N) is 1. The average Bonchev–Trinajstić information content (AvgIpc) is 2.70. The SMILES string of the molecule is Cc1ccc(C(C)Nc2ccc(I)c(Br)c2)s1. The van der Waals surface area contributed by atoms with Crippen molar-refractivity contribution in [3.05, 3.63) is 48.1 Å². The molecule has 4 heteroatoms. The lowest BCUT2D eigenvalue weighted by Gasteiger charge is -2.14. The van der Waals surface area contributed by atoms with E-state index in [0.717, 1.165) is 10.2 Å². The minimum Gasteiger partial charge on any atom is -0.378 e. The summed E-state index contributed by atoms with van der Waals surface area (Å²) in [5, 5.41) is 3.52. The Morgan fingerprint density at radius 2 is 2.06 bits per heavy atom. The number of aryl methyl sites for hydroxylation is 1. The van der Waals surface area contributed by atoms with E-state index in [4.69, 9.17) is 0 Å². The quantitative estimate of drug-likeness (QED) is 0.636. The highest BCUT2D eigenvalue weighted by Crippen LogP contribution is 2.28. The summed E-state index contributed by atoms with van der Waals surface area (Å²) in [6, 6.07) is 11.1. The minimum atomic E-state index is 0.348. The average molecular weight is 422 g/mol. The third kappa shape index (κ3) is 3.45. The molecule has 1 nitrogen and oxygen atoms in total. The van der Waals surface area contributed by atoms with Crippen LogP contribution in [0.3, 0.4) is 0 Å². The number of anilines is 1. The van der Waals surface area contributed by atoms with Crippen LogP contribution in [0, 0.1) is 10.5 Å². The van der Waals surface area contributed by atoms with E-state index < -0.39 is 0 Å². The minimum absolute atomic E-state index is 0.348. The highest BCUT2D eigenvalue weighted by Gasteiger charge is 2.08. The van der Waals surface area contributed by atoms with Gasteiger partial charge in [0.05, 0.1) is 6.04 Å². The largest absolute Gasteiger partial charge is 0.378 e. The van der Waals surface area contributed by atoms with Gasteiger partial charge in [-0.3, -0.25) is 0 Å². The lowest BCUT2D eigenvalue weighted by Crippen LogP contribution is -2.04. The molecule has 2 rings (SSSR count). The fourth-order valence-corrected chi connectivity index (χ4v) is 3.19. The number of hydrogen-bond acceptors (Lipinski definition) is 2. The highest BCUT2D eigenvalue weighted by molar-refractivity contribution is 14.1. The summed E-state index contributed by atoms with van der Waals surface area (Å²) in [5.41, 5.74) is 1.15. The Morgan fingerprint density at radius 3 is 2.65 bits per heavy atom. The Hall–Kier alpha value is -0.0700. The van der Waals surface area contributed by atoms with Crippen LogP contribution >= 0.6 is 49.9 Å². The van der Waals surface area contributed by atoms with E-state index in [1.54, 1.807) is 0 Å². The van der Waals surface area contributed by atoms with Crippen LogP contribution in [0.25, 0.3) is 0 Å². The first-order valence-electron chi connectivity index (χ1n) is 5.34. The van der Waals surface area contributed by atoms with Crippen LogP contribution in [-0.4, -0.2) is 0 Å². The number of benzene rings is 1. The summed E-state index contributed by atoms with van der Waals surface area (Å²) in [5.74, 6) is 0. The van der Waals surface area contributed by atoms with Gasteiger partial charge < -0.3 is 5.32 Å². The molecule has 0 spiro atoms. The summed E-state index contributed by atoms with van der Waals surface area (Å²) in [4.78, 5) is 2.73. The first-order chi connectivity index (χ1) is 8.06. The predicted molar refractivity (Wildman–Crippen MR) is 88.0 cm³/mol. The Bertz CT molecular complexity index is 524. The van der Waals surface area contributed by atoms with Crippen molar-refractivity contribution in [2.45, 2.75) is 19.9 Å². The van der Waals surface area contributed by atoms with Gasteiger partial charge in [-0.25, -0.2) is 0 Å². The summed E-state index contributed by atoms with van der Waals surface area (Å²) in [7, 11) is 0. The Morgan fingerprint density at radius 1 is 1.29 bits per heavy atom. The second-order valence-electron chi connectivity index (χ2n) is 3.94. The molecule has 1 heterocycles. The first kappa shape index (κ1) is 13.4. The van der Waals surface area contributed by atoms with Crippen molar-refractivity contribution in [3.63, 3.8) is 0 Å². The number of hydrogen-bond donors (Lipinski definition) is 1. The van der Waals surface area contributed by atoms with Crippen LogP contribution in [-0.2, 0) is 0 Å². The van der Waals surface area contributed by atoms with Crippen molar-refractivity contribution in [3.8, 4) is 0 Å². The fraction of sp³-hybridized carbons (Fsp3) is 0.231. The second-order valence-corrected chi connectivity index (χ2v) is 7.28. The zero-order valence-electron chi connectivity index (χ0n) is 9.63. The molecule has 1 aromatic carbocycles. The Labute approximate surface area is 128 Å². The van der Waals surface area contributed by atoms with Crippen LogP contribution < -0.4 is 5.32 Å². The second kappa shape index (κ2) is 5.71. The van der Waals surface area contributed by atoms with Gasteiger partial charge in [0.25, 0.3) is 0 Å². The number of thiophene rings is 1. The third-order valence-electron chi connectivity index (χ3n) is 2.49. The van der Waals surface area contributed by atoms with E-state index in [1.165, 1.54) is 13.3 Å². The van der Waals surface area contributed by atoms with Crippen LogP contribution in [0.1, 0.15) is 22.7 Å². The molecular weight excluding hydrogens is 409 g/mol. The molecule has 0 fully saturated rings. The molecule has 0 aliphatic heterocycles. The Kier molecular flexibility index (Phi) is 4.49. The van der Waals surface area contributed by atoms with Gasteiger partial charge in [0, 0.05) is 23.5 Å². The van der Waals surface area contributed by atoms with Gasteiger partial charge in [-0.15, -0.1) is 11.3 Å². The lowest BCUT2D eigenvalue weighted by molar-refractivity contribution is 0.908. The molecule has 0 radical (unpaired) electrons. The van der Waals surface area contributed by atoms with E-state index in [0.29, 0.717) is 6.04 Å². The first-order valence-corrected chi connectivity index (χ1v) is 8.03. The topological polar surface area (TPSA) is 12.0 Å². The van der Waals surface area contributed by atoms with Gasteiger partial charge in [-0.1, -0.05) is 0 Å². The number of halogens is 2. The predicted octanol–water partition coefficient (Wildman–Crippen LogP) is 5.60. The molecule has 0 bridgehead atoms. The zero-order valence-corrected chi connectivity index (χ0v) is 14.2. The van der Waals surface area contributed by atoms with Gasteiger partial charge in [0.2, 0.25) is 0 Å². The van der Waals surface area contributed by atoms with Crippen LogP contribution in [0.4, 0.5) is 5.69 Å². The highest BCUT2D eigenvalue weighted by atomic mass is 127. The van der Waals surface area contributed by atoms with E-state index in [2.05, 4.69) is 88.0 Å². The monoisotopic (exact) mass is 421 g/mol. The van der Waals surface area contributed by atoms with E-state index in [-0.39, 0.29) is 0 Å². The molecular formula is C13H13BrINS. The van der Waals surface area contributed by atoms with E-state index >= 15 is 0 Å².